The Hall–Kier alpha value is -2.84. The van der Waals surface area contributed by atoms with Gasteiger partial charge in [-0.15, -0.1) is 0 Å². The van der Waals surface area contributed by atoms with E-state index in [0.29, 0.717) is 49.1 Å². The number of carbonyl (C=O) groups is 2. The summed E-state index contributed by atoms with van der Waals surface area (Å²) in [4.78, 5) is 28.1. The smallest absolute Gasteiger partial charge is 0.264 e. The van der Waals surface area contributed by atoms with Crippen LogP contribution in [0.15, 0.2) is 48.5 Å². The number of benzene rings is 2. The molecule has 0 unspecified atom stereocenters. The molecule has 1 saturated heterocycles. The van der Waals surface area contributed by atoms with Gasteiger partial charge in [-0.25, -0.2) is 0 Å². The van der Waals surface area contributed by atoms with Crippen LogP contribution < -0.4 is 20.3 Å². The molecule has 0 aromatic heterocycles. The zero-order valence-electron chi connectivity index (χ0n) is 17.3. The molecule has 3 rings (SSSR count). The molecule has 2 aromatic rings. The fourth-order valence-corrected chi connectivity index (χ4v) is 3.84. The minimum absolute atomic E-state index is 0.151. The van der Waals surface area contributed by atoms with Gasteiger partial charge in [-0.1, -0.05) is 42.8 Å². The molecule has 164 valence electrons. The van der Waals surface area contributed by atoms with Crippen molar-refractivity contribution >= 4 is 52.1 Å². The highest BCUT2D eigenvalue weighted by Gasteiger charge is 2.23. The number of carbonyl (C=O) groups excluding carboxylic acids is 2. The monoisotopic (exact) mass is 460 g/mol. The molecule has 2 aromatic carbocycles. The molecule has 0 radical (unpaired) electrons. The Bertz CT molecular complexity index is 934. The van der Waals surface area contributed by atoms with Gasteiger partial charge in [0.15, 0.2) is 11.7 Å². The Morgan fingerprint density at radius 3 is 2.45 bits per heavy atom. The highest BCUT2D eigenvalue weighted by molar-refractivity contribution is 7.80. The first-order valence-corrected chi connectivity index (χ1v) is 10.9. The molecule has 1 heterocycles. The molecule has 31 heavy (non-hydrogen) atoms. The Kier molecular flexibility index (Phi) is 8.08. The molecule has 1 aliphatic rings. The quantitative estimate of drug-likeness (QED) is 0.644. The number of hydrogen-bond donors (Lipinski definition) is 2. The molecule has 0 atom stereocenters. The number of halogens is 1. The van der Waals surface area contributed by atoms with Crippen LogP contribution in [-0.4, -0.2) is 54.6 Å². The summed E-state index contributed by atoms with van der Waals surface area (Å²) in [5.74, 6) is 0.393. The molecule has 1 aliphatic heterocycles. The summed E-state index contributed by atoms with van der Waals surface area (Å²) in [6.07, 6.45) is 0.501. The number of hydrogen-bond acceptors (Lipinski definition) is 5. The fraction of sp³-hybridized carbons (Fsp3) is 0.318. The molecule has 2 N–H and O–H groups in total. The van der Waals surface area contributed by atoms with E-state index in [-0.39, 0.29) is 23.5 Å². The van der Waals surface area contributed by atoms with E-state index in [4.69, 9.17) is 28.6 Å². The minimum Gasteiger partial charge on any atom is -0.484 e. The number of ether oxygens (including phenoxy) is 1. The molecule has 9 heteroatoms. The zero-order valence-corrected chi connectivity index (χ0v) is 18.8. The summed E-state index contributed by atoms with van der Waals surface area (Å²) in [5.41, 5.74) is 1.49. The van der Waals surface area contributed by atoms with E-state index < -0.39 is 0 Å². The van der Waals surface area contributed by atoms with Crippen molar-refractivity contribution in [3.8, 4) is 5.75 Å². The van der Waals surface area contributed by atoms with Crippen LogP contribution in [0.25, 0.3) is 0 Å². The lowest BCUT2D eigenvalue weighted by atomic mass is 10.2. The second-order valence-electron chi connectivity index (χ2n) is 6.96. The minimum atomic E-state index is -0.364. The van der Waals surface area contributed by atoms with Gasteiger partial charge in [-0.3, -0.25) is 14.9 Å². The second kappa shape index (κ2) is 11.0. The Morgan fingerprint density at radius 1 is 1.06 bits per heavy atom. The standard InChI is InChI=1S/C22H25ClN4O3S/c1-2-20(29)26-11-13-27(14-12-26)21-17(23)9-6-10-18(21)24-22(31)25-19(28)15-30-16-7-4-3-5-8-16/h3-10H,2,11-15H2,1H3,(H2,24,25,28,31). The SMILES string of the molecule is CCC(=O)N1CCN(c2c(Cl)cccc2NC(=S)NC(=O)COc2ccccc2)CC1. The maximum absolute atomic E-state index is 12.2. The predicted octanol–water partition coefficient (Wildman–Crippen LogP) is 3.29. The van der Waals surface area contributed by atoms with Crippen molar-refractivity contribution < 1.29 is 14.3 Å². The van der Waals surface area contributed by atoms with E-state index in [1.54, 1.807) is 18.2 Å². The van der Waals surface area contributed by atoms with E-state index in [2.05, 4.69) is 15.5 Å². The average molecular weight is 461 g/mol. The van der Waals surface area contributed by atoms with E-state index >= 15 is 0 Å². The van der Waals surface area contributed by atoms with Gasteiger partial charge in [0.25, 0.3) is 5.91 Å². The van der Waals surface area contributed by atoms with Crippen LogP contribution in [0.1, 0.15) is 13.3 Å². The van der Waals surface area contributed by atoms with Crippen molar-refractivity contribution in [2.75, 3.05) is 43.0 Å². The molecule has 2 amide bonds. The average Bonchev–Trinajstić information content (AvgIpc) is 2.78. The number of amides is 2. The number of thiocarbonyl (C=S) groups is 1. The molecule has 0 aliphatic carbocycles. The van der Waals surface area contributed by atoms with Crippen LogP contribution in [-0.2, 0) is 9.59 Å². The molecular formula is C22H25ClN4O3S. The number of rotatable bonds is 6. The Balaban J connectivity index is 1.59. The zero-order chi connectivity index (χ0) is 22.2. The highest BCUT2D eigenvalue weighted by atomic mass is 35.5. The van der Waals surface area contributed by atoms with Gasteiger partial charge in [0.2, 0.25) is 5.91 Å². The summed E-state index contributed by atoms with van der Waals surface area (Å²) in [7, 11) is 0. The van der Waals surface area contributed by atoms with Crippen LogP contribution in [0.2, 0.25) is 5.02 Å². The lowest BCUT2D eigenvalue weighted by Crippen LogP contribution is -2.49. The van der Waals surface area contributed by atoms with Crippen LogP contribution in [0.3, 0.4) is 0 Å². The van der Waals surface area contributed by atoms with Gasteiger partial charge in [0.1, 0.15) is 5.75 Å². The van der Waals surface area contributed by atoms with E-state index in [0.717, 1.165) is 5.69 Å². The van der Waals surface area contributed by atoms with Gasteiger partial charge < -0.3 is 19.9 Å². The molecule has 0 spiro atoms. The third-order valence-corrected chi connectivity index (χ3v) is 5.36. The fourth-order valence-electron chi connectivity index (χ4n) is 3.32. The molecule has 7 nitrogen and oxygen atoms in total. The van der Waals surface area contributed by atoms with Crippen LogP contribution in [0.4, 0.5) is 11.4 Å². The van der Waals surface area contributed by atoms with Crippen molar-refractivity contribution in [2.45, 2.75) is 13.3 Å². The van der Waals surface area contributed by atoms with Gasteiger partial charge in [0.05, 0.1) is 16.4 Å². The van der Waals surface area contributed by atoms with Crippen molar-refractivity contribution in [2.24, 2.45) is 0 Å². The lowest BCUT2D eigenvalue weighted by Gasteiger charge is -2.37. The van der Waals surface area contributed by atoms with Crippen LogP contribution in [0.5, 0.6) is 5.75 Å². The van der Waals surface area contributed by atoms with Crippen LogP contribution >= 0.6 is 23.8 Å². The first kappa shape index (κ1) is 22.8. The number of piperazine rings is 1. The van der Waals surface area contributed by atoms with Crippen molar-refractivity contribution in [3.63, 3.8) is 0 Å². The van der Waals surface area contributed by atoms with E-state index in [1.807, 2.05) is 42.2 Å². The third-order valence-electron chi connectivity index (χ3n) is 4.85. The summed E-state index contributed by atoms with van der Waals surface area (Å²) in [6, 6.07) is 14.6. The highest BCUT2D eigenvalue weighted by Crippen LogP contribution is 2.34. The molecule has 1 fully saturated rings. The number of nitrogens with zero attached hydrogens (tertiary/aromatic N) is 2. The van der Waals surface area contributed by atoms with Crippen molar-refractivity contribution in [1.29, 1.82) is 0 Å². The Morgan fingerprint density at radius 2 is 1.77 bits per heavy atom. The predicted molar refractivity (Wildman–Crippen MR) is 127 cm³/mol. The number of anilines is 2. The van der Waals surface area contributed by atoms with Crippen molar-refractivity contribution in [1.82, 2.24) is 10.2 Å². The molecular weight excluding hydrogens is 436 g/mol. The van der Waals surface area contributed by atoms with E-state index in [9.17, 15) is 9.59 Å². The maximum Gasteiger partial charge on any atom is 0.264 e. The Labute approximate surface area is 192 Å². The topological polar surface area (TPSA) is 73.9 Å². The second-order valence-corrected chi connectivity index (χ2v) is 7.78. The maximum atomic E-state index is 12.2. The van der Waals surface area contributed by atoms with Gasteiger partial charge in [-0.2, -0.15) is 0 Å². The number of nitrogens with one attached hydrogen (secondary N) is 2. The van der Waals surface area contributed by atoms with Gasteiger partial charge in [0, 0.05) is 32.6 Å². The molecule has 0 saturated carbocycles. The summed E-state index contributed by atoms with van der Waals surface area (Å²) in [5, 5.41) is 6.41. The van der Waals surface area contributed by atoms with E-state index in [1.165, 1.54) is 0 Å². The van der Waals surface area contributed by atoms with Crippen molar-refractivity contribution in [3.05, 3.63) is 53.6 Å². The number of para-hydroxylation sites is 2. The van der Waals surface area contributed by atoms with Crippen LogP contribution in [0, 0.1) is 0 Å². The normalized spacial score (nSPS) is 13.5. The third kappa shape index (κ3) is 6.32. The largest absolute Gasteiger partial charge is 0.484 e. The lowest BCUT2D eigenvalue weighted by molar-refractivity contribution is -0.131. The first-order valence-electron chi connectivity index (χ1n) is 10.1. The first-order chi connectivity index (χ1) is 15.0. The molecule has 0 bridgehead atoms. The summed E-state index contributed by atoms with van der Waals surface area (Å²) in [6.45, 7) is 4.31. The summed E-state index contributed by atoms with van der Waals surface area (Å²) >= 11 is 11.8. The summed E-state index contributed by atoms with van der Waals surface area (Å²) < 4.78 is 5.43. The van der Waals surface area contributed by atoms with Gasteiger partial charge in [-0.05, 0) is 36.5 Å². The van der Waals surface area contributed by atoms with Gasteiger partial charge >= 0.3 is 0 Å².